The number of nitrogen functional groups attached to an aromatic ring is 1. The average Bonchev–Trinajstić information content (AvgIpc) is 2.69. The lowest BCUT2D eigenvalue weighted by Crippen LogP contribution is -2.34. The molecular formula is C15H25N3O. The molecule has 0 aliphatic carbocycles. The Morgan fingerprint density at radius 3 is 2.63 bits per heavy atom. The molecule has 0 spiro atoms. The summed E-state index contributed by atoms with van der Waals surface area (Å²) in [6, 6.07) is 6.61. The highest BCUT2D eigenvalue weighted by molar-refractivity contribution is 5.47. The highest BCUT2D eigenvalue weighted by Crippen LogP contribution is 2.24. The SMILES string of the molecule is COc1cc(N)cc(CN2CC(C)C(N(C)C)C2)c1. The van der Waals surface area contributed by atoms with E-state index >= 15 is 0 Å². The van der Waals surface area contributed by atoms with E-state index in [1.54, 1.807) is 7.11 Å². The van der Waals surface area contributed by atoms with Crippen LogP contribution in [-0.2, 0) is 6.54 Å². The van der Waals surface area contributed by atoms with Crippen LogP contribution in [0, 0.1) is 5.92 Å². The van der Waals surface area contributed by atoms with Crippen molar-refractivity contribution in [2.75, 3.05) is 40.0 Å². The first kappa shape index (κ1) is 14.2. The van der Waals surface area contributed by atoms with E-state index in [1.165, 1.54) is 5.56 Å². The van der Waals surface area contributed by atoms with Crippen molar-refractivity contribution in [1.29, 1.82) is 0 Å². The van der Waals surface area contributed by atoms with Gasteiger partial charge in [0.1, 0.15) is 5.75 Å². The van der Waals surface area contributed by atoms with E-state index in [2.05, 4.69) is 36.9 Å². The summed E-state index contributed by atoms with van der Waals surface area (Å²) < 4.78 is 5.27. The van der Waals surface area contributed by atoms with Crippen molar-refractivity contribution in [2.45, 2.75) is 19.5 Å². The standard InChI is InChI=1S/C15H25N3O/c1-11-8-18(10-15(11)17(2)3)9-12-5-13(16)7-14(6-12)19-4/h5-7,11,15H,8-10,16H2,1-4H3. The number of likely N-dealkylation sites (N-methyl/N-ethyl adjacent to an activating group) is 1. The average molecular weight is 263 g/mol. The third-order valence-corrected chi connectivity index (χ3v) is 3.94. The molecule has 4 heteroatoms. The Hall–Kier alpha value is -1.26. The third kappa shape index (κ3) is 3.39. The molecule has 0 amide bonds. The summed E-state index contributed by atoms with van der Waals surface area (Å²) in [6.45, 7) is 5.52. The van der Waals surface area contributed by atoms with Gasteiger partial charge in [-0.25, -0.2) is 0 Å². The molecule has 2 atom stereocenters. The van der Waals surface area contributed by atoms with Crippen molar-refractivity contribution in [3.63, 3.8) is 0 Å². The van der Waals surface area contributed by atoms with Crippen LogP contribution in [0.3, 0.4) is 0 Å². The molecule has 1 heterocycles. The Balaban J connectivity index is 2.04. The van der Waals surface area contributed by atoms with E-state index in [1.807, 2.05) is 12.1 Å². The third-order valence-electron chi connectivity index (χ3n) is 3.94. The van der Waals surface area contributed by atoms with Crippen molar-refractivity contribution < 1.29 is 4.74 Å². The molecule has 19 heavy (non-hydrogen) atoms. The van der Waals surface area contributed by atoms with Gasteiger partial charge in [0, 0.05) is 37.4 Å². The second-order valence-corrected chi connectivity index (χ2v) is 5.82. The predicted molar refractivity (Wildman–Crippen MR) is 79.3 cm³/mol. The number of methoxy groups -OCH3 is 1. The van der Waals surface area contributed by atoms with Gasteiger partial charge in [0.05, 0.1) is 7.11 Å². The van der Waals surface area contributed by atoms with E-state index < -0.39 is 0 Å². The minimum atomic E-state index is 0.642. The summed E-state index contributed by atoms with van der Waals surface area (Å²) in [5.41, 5.74) is 7.90. The molecular weight excluding hydrogens is 238 g/mol. The Labute approximate surface area is 116 Å². The molecule has 1 aliphatic heterocycles. The quantitative estimate of drug-likeness (QED) is 0.839. The van der Waals surface area contributed by atoms with Crippen molar-refractivity contribution in [3.05, 3.63) is 23.8 Å². The first-order chi connectivity index (χ1) is 8.99. The fraction of sp³-hybridized carbons (Fsp3) is 0.600. The van der Waals surface area contributed by atoms with Gasteiger partial charge in [0.25, 0.3) is 0 Å². The lowest BCUT2D eigenvalue weighted by atomic mass is 10.1. The highest BCUT2D eigenvalue weighted by Gasteiger charge is 2.30. The Morgan fingerprint density at radius 1 is 1.32 bits per heavy atom. The smallest absolute Gasteiger partial charge is 0.121 e. The lowest BCUT2D eigenvalue weighted by Gasteiger charge is -2.22. The molecule has 106 valence electrons. The topological polar surface area (TPSA) is 41.7 Å². The monoisotopic (exact) mass is 263 g/mol. The van der Waals surface area contributed by atoms with Crippen molar-refractivity contribution in [3.8, 4) is 5.75 Å². The predicted octanol–water partition coefficient (Wildman–Crippen LogP) is 1.66. The molecule has 0 saturated carbocycles. The molecule has 2 unspecified atom stereocenters. The van der Waals surface area contributed by atoms with E-state index in [0.29, 0.717) is 12.0 Å². The first-order valence-corrected chi connectivity index (χ1v) is 6.82. The van der Waals surface area contributed by atoms with Crippen molar-refractivity contribution in [2.24, 2.45) is 5.92 Å². The van der Waals surface area contributed by atoms with Gasteiger partial charge in [0.2, 0.25) is 0 Å². The molecule has 0 bridgehead atoms. The van der Waals surface area contributed by atoms with Gasteiger partial charge >= 0.3 is 0 Å². The first-order valence-electron chi connectivity index (χ1n) is 6.82. The van der Waals surface area contributed by atoms with E-state index in [0.717, 1.165) is 31.1 Å². The normalized spacial score (nSPS) is 24.1. The number of hydrogen-bond donors (Lipinski definition) is 1. The maximum Gasteiger partial charge on any atom is 0.121 e. The van der Waals surface area contributed by atoms with Crippen LogP contribution in [0.4, 0.5) is 5.69 Å². The number of nitrogens with two attached hydrogens (primary N) is 1. The summed E-state index contributed by atoms with van der Waals surface area (Å²) in [7, 11) is 6.00. The second-order valence-electron chi connectivity index (χ2n) is 5.82. The number of anilines is 1. The molecule has 4 nitrogen and oxygen atoms in total. The maximum absolute atomic E-state index is 5.91. The van der Waals surface area contributed by atoms with Crippen LogP contribution in [0.5, 0.6) is 5.75 Å². The number of benzene rings is 1. The molecule has 1 fully saturated rings. The zero-order chi connectivity index (χ0) is 14.0. The van der Waals surface area contributed by atoms with Gasteiger partial charge in [-0.3, -0.25) is 4.90 Å². The van der Waals surface area contributed by atoms with Crippen LogP contribution in [-0.4, -0.2) is 50.1 Å². The number of hydrogen-bond acceptors (Lipinski definition) is 4. The second kappa shape index (κ2) is 5.80. The van der Waals surface area contributed by atoms with E-state index in [-0.39, 0.29) is 0 Å². The number of ether oxygens (including phenoxy) is 1. The maximum atomic E-state index is 5.91. The molecule has 0 aromatic heterocycles. The van der Waals surface area contributed by atoms with Crippen LogP contribution < -0.4 is 10.5 Å². The van der Waals surface area contributed by atoms with Gasteiger partial charge in [0.15, 0.2) is 0 Å². The summed E-state index contributed by atoms with van der Waals surface area (Å²) in [5, 5.41) is 0. The molecule has 2 N–H and O–H groups in total. The minimum Gasteiger partial charge on any atom is -0.497 e. The fourth-order valence-electron chi connectivity index (χ4n) is 3.00. The van der Waals surface area contributed by atoms with Crippen molar-refractivity contribution in [1.82, 2.24) is 9.80 Å². The number of nitrogens with zero attached hydrogens (tertiary/aromatic N) is 2. The molecule has 2 rings (SSSR count). The van der Waals surface area contributed by atoms with Gasteiger partial charge in [-0.1, -0.05) is 6.92 Å². The zero-order valence-electron chi connectivity index (χ0n) is 12.4. The van der Waals surface area contributed by atoms with Crippen LogP contribution in [0.15, 0.2) is 18.2 Å². The fourth-order valence-corrected chi connectivity index (χ4v) is 3.00. The van der Waals surface area contributed by atoms with Crippen LogP contribution in [0.2, 0.25) is 0 Å². The Bertz CT molecular complexity index is 433. The summed E-state index contributed by atoms with van der Waals surface area (Å²) in [5.74, 6) is 1.55. The highest BCUT2D eigenvalue weighted by atomic mass is 16.5. The van der Waals surface area contributed by atoms with Gasteiger partial charge < -0.3 is 15.4 Å². The van der Waals surface area contributed by atoms with Gasteiger partial charge in [-0.15, -0.1) is 0 Å². The van der Waals surface area contributed by atoms with Gasteiger partial charge in [-0.2, -0.15) is 0 Å². The summed E-state index contributed by atoms with van der Waals surface area (Å²) in [6.07, 6.45) is 0. The summed E-state index contributed by atoms with van der Waals surface area (Å²) in [4.78, 5) is 4.81. The van der Waals surface area contributed by atoms with Crippen LogP contribution in [0.1, 0.15) is 12.5 Å². The Morgan fingerprint density at radius 2 is 2.05 bits per heavy atom. The molecule has 1 aliphatic rings. The Kier molecular flexibility index (Phi) is 4.32. The van der Waals surface area contributed by atoms with Crippen LogP contribution >= 0.6 is 0 Å². The van der Waals surface area contributed by atoms with E-state index in [9.17, 15) is 0 Å². The van der Waals surface area contributed by atoms with Gasteiger partial charge in [-0.05, 0) is 37.7 Å². The number of rotatable bonds is 4. The molecule has 1 aromatic rings. The van der Waals surface area contributed by atoms with E-state index in [4.69, 9.17) is 10.5 Å². The molecule has 0 radical (unpaired) electrons. The zero-order valence-corrected chi connectivity index (χ0v) is 12.4. The van der Waals surface area contributed by atoms with Crippen molar-refractivity contribution >= 4 is 5.69 Å². The molecule has 1 aromatic carbocycles. The largest absolute Gasteiger partial charge is 0.497 e. The minimum absolute atomic E-state index is 0.642. The number of likely N-dealkylation sites (tertiary alicyclic amines) is 1. The summed E-state index contributed by atoms with van der Waals surface area (Å²) >= 11 is 0. The molecule has 1 saturated heterocycles. The lowest BCUT2D eigenvalue weighted by molar-refractivity contribution is 0.250. The van der Waals surface area contributed by atoms with Crippen LogP contribution in [0.25, 0.3) is 0 Å².